The summed E-state index contributed by atoms with van der Waals surface area (Å²) in [5, 5.41) is 6.98. The summed E-state index contributed by atoms with van der Waals surface area (Å²) < 4.78 is 4.22. The van der Waals surface area contributed by atoms with Crippen molar-refractivity contribution in [3.63, 3.8) is 0 Å². The first-order valence-corrected chi connectivity index (χ1v) is 2.51. The van der Waals surface area contributed by atoms with Gasteiger partial charge in [0.1, 0.15) is 0 Å². The third kappa shape index (κ3) is 5.78. The molecule has 1 atom stereocenters. The monoisotopic (exact) mass is 136 g/mol. The van der Waals surface area contributed by atoms with Crippen LogP contribution in [0.25, 0.3) is 0 Å². The van der Waals surface area contributed by atoms with Crippen molar-refractivity contribution >= 4 is 18.6 Å². The molecule has 0 spiro atoms. The standard InChI is InChI=1S/C4H8O3S/c1-3(5)7-4(2,6)8/h6,8H,1-2H3. The van der Waals surface area contributed by atoms with Crippen molar-refractivity contribution in [3.8, 4) is 0 Å². The summed E-state index contributed by atoms with van der Waals surface area (Å²) >= 11 is 3.51. The zero-order valence-electron chi connectivity index (χ0n) is 4.71. The van der Waals surface area contributed by atoms with Crippen LogP contribution in [0.3, 0.4) is 0 Å². The Bertz CT molecular complexity index is 93.9. The Balaban J connectivity index is 3.55. The zero-order valence-corrected chi connectivity index (χ0v) is 5.61. The van der Waals surface area contributed by atoms with Crippen molar-refractivity contribution in [1.29, 1.82) is 0 Å². The second kappa shape index (κ2) is 2.37. The average molecular weight is 136 g/mol. The second-order valence-corrected chi connectivity index (χ2v) is 2.36. The molecule has 0 heterocycles. The van der Waals surface area contributed by atoms with Gasteiger partial charge >= 0.3 is 5.97 Å². The maximum atomic E-state index is 10.0. The summed E-state index contributed by atoms with van der Waals surface area (Å²) in [6, 6.07) is 0. The molecule has 0 aromatic heterocycles. The molecule has 0 saturated carbocycles. The number of thiol groups is 1. The first-order chi connectivity index (χ1) is 3.42. The van der Waals surface area contributed by atoms with Crippen LogP contribution in [0.4, 0.5) is 0 Å². The van der Waals surface area contributed by atoms with Crippen molar-refractivity contribution in [2.75, 3.05) is 0 Å². The Morgan fingerprint density at radius 2 is 2.25 bits per heavy atom. The van der Waals surface area contributed by atoms with Crippen molar-refractivity contribution in [2.24, 2.45) is 0 Å². The highest BCUT2D eigenvalue weighted by atomic mass is 32.1. The van der Waals surface area contributed by atoms with Crippen molar-refractivity contribution in [1.82, 2.24) is 0 Å². The van der Waals surface area contributed by atoms with E-state index in [9.17, 15) is 4.79 Å². The highest BCUT2D eigenvalue weighted by molar-refractivity contribution is 7.81. The number of carbonyl (C=O) groups excluding carboxylic acids is 1. The Hall–Kier alpha value is -0.220. The fraction of sp³-hybridized carbons (Fsp3) is 0.750. The lowest BCUT2D eigenvalue weighted by Gasteiger charge is -2.14. The number of carbonyl (C=O) groups is 1. The summed E-state index contributed by atoms with van der Waals surface area (Å²) in [4.78, 5) is 10.0. The summed E-state index contributed by atoms with van der Waals surface area (Å²) in [5.41, 5.74) is 0. The molecule has 1 unspecified atom stereocenters. The Morgan fingerprint density at radius 3 is 2.25 bits per heavy atom. The smallest absolute Gasteiger partial charge is 0.305 e. The lowest BCUT2D eigenvalue weighted by atomic mass is 10.7. The maximum Gasteiger partial charge on any atom is 0.305 e. The van der Waals surface area contributed by atoms with E-state index in [-0.39, 0.29) is 0 Å². The van der Waals surface area contributed by atoms with E-state index in [0.29, 0.717) is 0 Å². The van der Waals surface area contributed by atoms with Gasteiger partial charge in [-0.2, -0.15) is 0 Å². The number of esters is 1. The zero-order chi connectivity index (χ0) is 6.78. The van der Waals surface area contributed by atoms with Crippen molar-refractivity contribution < 1.29 is 14.6 Å². The summed E-state index contributed by atoms with van der Waals surface area (Å²) in [6.45, 7) is 2.46. The molecular formula is C4H8O3S. The Morgan fingerprint density at radius 1 is 1.88 bits per heavy atom. The minimum Gasteiger partial charge on any atom is -0.424 e. The van der Waals surface area contributed by atoms with Crippen LogP contribution in [0.15, 0.2) is 0 Å². The van der Waals surface area contributed by atoms with Gasteiger partial charge in [0.2, 0.25) is 0 Å². The summed E-state index contributed by atoms with van der Waals surface area (Å²) in [6.07, 6.45) is 0. The molecule has 0 aliphatic carbocycles. The molecular weight excluding hydrogens is 128 g/mol. The lowest BCUT2D eigenvalue weighted by molar-refractivity contribution is -0.169. The van der Waals surface area contributed by atoms with Crippen LogP contribution in [0.5, 0.6) is 0 Å². The number of aliphatic hydroxyl groups is 1. The average Bonchev–Trinajstić information content (AvgIpc) is 1.21. The van der Waals surface area contributed by atoms with E-state index in [1.165, 1.54) is 13.8 Å². The van der Waals surface area contributed by atoms with Crippen LogP contribution in [-0.2, 0) is 9.53 Å². The molecule has 0 rings (SSSR count). The first-order valence-electron chi connectivity index (χ1n) is 2.06. The fourth-order valence-electron chi connectivity index (χ4n) is 0.272. The molecule has 4 heteroatoms. The Kier molecular flexibility index (Phi) is 2.30. The molecule has 0 aliphatic rings. The predicted octanol–water partition coefficient (Wildman–Crippen LogP) is 0.145. The van der Waals surface area contributed by atoms with E-state index >= 15 is 0 Å². The molecule has 0 aromatic rings. The SMILES string of the molecule is CC(=O)OC(C)(O)S. The highest BCUT2D eigenvalue weighted by Crippen LogP contribution is 2.09. The van der Waals surface area contributed by atoms with Gasteiger partial charge < -0.3 is 9.84 Å². The van der Waals surface area contributed by atoms with Crippen LogP contribution in [0, 0.1) is 0 Å². The molecule has 3 nitrogen and oxygen atoms in total. The molecule has 0 radical (unpaired) electrons. The molecule has 8 heavy (non-hydrogen) atoms. The van der Waals surface area contributed by atoms with Gasteiger partial charge in [0.15, 0.2) is 0 Å². The van der Waals surface area contributed by atoms with Crippen molar-refractivity contribution in [3.05, 3.63) is 0 Å². The molecule has 0 saturated heterocycles. The van der Waals surface area contributed by atoms with E-state index in [1.807, 2.05) is 0 Å². The largest absolute Gasteiger partial charge is 0.424 e. The minimum atomic E-state index is -1.63. The van der Waals surface area contributed by atoms with Gasteiger partial charge in [-0.25, -0.2) is 0 Å². The third-order valence-electron chi connectivity index (χ3n) is 0.337. The molecule has 0 aromatic carbocycles. The highest BCUT2D eigenvalue weighted by Gasteiger charge is 2.15. The normalized spacial score (nSPS) is 17.0. The van der Waals surface area contributed by atoms with Gasteiger partial charge in [-0.05, 0) is 0 Å². The molecule has 1 N–H and O–H groups in total. The number of ether oxygens (including phenoxy) is 1. The molecule has 0 bridgehead atoms. The van der Waals surface area contributed by atoms with Crippen LogP contribution < -0.4 is 0 Å². The van der Waals surface area contributed by atoms with E-state index in [0.717, 1.165) is 0 Å². The van der Waals surface area contributed by atoms with E-state index in [1.54, 1.807) is 0 Å². The second-order valence-electron chi connectivity index (χ2n) is 1.53. The fourth-order valence-corrected chi connectivity index (χ4v) is 0.401. The first kappa shape index (κ1) is 7.78. The quantitative estimate of drug-likeness (QED) is 0.306. The van der Waals surface area contributed by atoms with E-state index in [2.05, 4.69) is 17.4 Å². The maximum absolute atomic E-state index is 10.0. The van der Waals surface area contributed by atoms with Gasteiger partial charge in [-0.1, -0.05) is 0 Å². The minimum absolute atomic E-state index is 0.551. The topological polar surface area (TPSA) is 46.5 Å². The van der Waals surface area contributed by atoms with Gasteiger partial charge in [0.25, 0.3) is 5.12 Å². The Labute approximate surface area is 53.1 Å². The molecule has 0 amide bonds. The predicted molar refractivity (Wildman–Crippen MR) is 31.4 cm³/mol. The van der Waals surface area contributed by atoms with Crippen molar-refractivity contribution in [2.45, 2.75) is 19.0 Å². The van der Waals surface area contributed by atoms with E-state index < -0.39 is 11.1 Å². The van der Waals surface area contributed by atoms with Gasteiger partial charge in [-0.3, -0.25) is 4.79 Å². The summed E-state index contributed by atoms with van der Waals surface area (Å²) in [5.74, 6) is -0.551. The molecule has 48 valence electrons. The third-order valence-corrected chi connectivity index (χ3v) is 0.428. The van der Waals surface area contributed by atoms with Gasteiger partial charge in [-0.15, -0.1) is 12.6 Å². The van der Waals surface area contributed by atoms with E-state index in [4.69, 9.17) is 5.11 Å². The van der Waals surface area contributed by atoms with Crippen LogP contribution in [-0.4, -0.2) is 16.2 Å². The number of hydrogen-bond acceptors (Lipinski definition) is 4. The van der Waals surface area contributed by atoms with Crippen LogP contribution >= 0.6 is 12.6 Å². The van der Waals surface area contributed by atoms with Crippen LogP contribution in [0.1, 0.15) is 13.8 Å². The number of rotatable bonds is 1. The van der Waals surface area contributed by atoms with Gasteiger partial charge in [0, 0.05) is 13.8 Å². The molecule has 0 aliphatic heterocycles. The summed E-state index contributed by atoms with van der Waals surface area (Å²) in [7, 11) is 0. The van der Waals surface area contributed by atoms with Crippen LogP contribution in [0.2, 0.25) is 0 Å². The van der Waals surface area contributed by atoms with Gasteiger partial charge in [0.05, 0.1) is 0 Å². The molecule has 0 fully saturated rings. The number of hydrogen-bond donors (Lipinski definition) is 2. The lowest BCUT2D eigenvalue weighted by Crippen LogP contribution is -2.22.